The standard InChI is InChI=1S/C8H6N4O/c13-4-7-2-1-3-10-8(7)12-6-9-5-11-12/h1-6H. The molecule has 0 aliphatic rings. The van der Waals surface area contributed by atoms with Crippen LogP contribution in [0.15, 0.2) is 31.0 Å². The van der Waals surface area contributed by atoms with Crippen LogP contribution in [0.4, 0.5) is 0 Å². The molecule has 0 spiro atoms. The maximum absolute atomic E-state index is 10.6. The van der Waals surface area contributed by atoms with Crippen LogP contribution < -0.4 is 0 Å². The van der Waals surface area contributed by atoms with Crippen LogP contribution in [0.3, 0.4) is 0 Å². The Hall–Kier alpha value is -2.04. The molecule has 0 saturated carbocycles. The Kier molecular flexibility index (Phi) is 1.84. The van der Waals surface area contributed by atoms with Gasteiger partial charge in [-0.2, -0.15) is 5.10 Å². The van der Waals surface area contributed by atoms with Gasteiger partial charge in [0.25, 0.3) is 0 Å². The van der Waals surface area contributed by atoms with Gasteiger partial charge in [-0.3, -0.25) is 4.79 Å². The van der Waals surface area contributed by atoms with Gasteiger partial charge < -0.3 is 0 Å². The van der Waals surface area contributed by atoms with Crippen molar-refractivity contribution in [1.82, 2.24) is 19.7 Å². The van der Waals surface area contributed by atoms with Gasteiger partial charge in [0.1, 0.15) is 12.7 Å². The van der Waals surface area contributed by atoms with Crippen molar-refractivity contribution < 1.29 is 4.79 Å². The number of carbonyl (C=O) groups excluding carboxylic acids is 1. The number of rotatable bonds is 2. The molecule has 13 heavy (non-hydrogen) atoms. The molecule has 5 heteroatoms. The first-order valence-electron chi connectivity index (χ1n) is 3.67. The second-order valence-electron chi connectivity index (χ2n) is 2.37. The zero-order valence-electron chi connectivity index (χ0n) is 6.66. The lowest BCUT2D eigenvalue weighted by Gasteiger charge is -2.00. The third kappa shape index (κ3) is 1.31. The summed E-state index contributed by atoms with van der Waals surface area (Å²) in [6.07, 6.45) is 5.23. The van der Waals surface area contributed by atoms with E-state index in [1.54, 1.807) is 18.3 Å². The fraction of sp³-hybridized carbons (Fsp3) is 0. The Morgan fingerprint density at radius 3 is 3.08 bits per heavy atom. The lowest BCUT2D eigenvalue weighted by atomic mass is 10.3. The molecular weight excluding hydrogens is 168 g/mol. The van der Waals surface area contributed by atoms with E-state index >= 15 is 0 Å². The van der Waals surface area contributed by atoms with Gasteiger partial charge in [0.05, 0.1) is 5.56 Å². The highest BCUT2D eigenvalue weighted by atomic mass is 16.1. The maximum Gasteiger partial charge on any atom is 0.165 e. The Balaban J connectivity index is 2.57. The molecule has 0 N–H and O–H groups in total. The fourth-order valence-corrected chi connectivity index (χ4v) is 1.01. The van der Waals surface area contributed by atoms with Gasteiger partial charge in [0, 0.05) is 6.20 Å². The molecule has 2 rings (SSSR count). The second kappa shape index (κ2) is 3.14. The van der Waals surface area contributed by atoms with Gasteiger partial charge in [0.15, 0.2) is 12.1 Å². The summed E-state index contributed by atoms with van der Waals surface area (Å²) in [5.41, 5.74) is 0.494. The average molecular weight is 174 g/mol. The normalized spacial score (nSPS) is 9.85. The van der Waals surface area contributed by atoms with E-state index in [1.165, 1.54) is 17.3 Å². The Bertz CT molecular complexity index is 410. The van der Waals surface area contributed by atoms with Crippen molar-refractivity contribution in [2.75, 3.05) is 0 Å². The molecule has 5 nitrogen and oxygen atoms in total. The summed E-state index contributed by atoms with van der Waals surface area (Å²) in [6.45, 7) is 0. The third-order valence-corrected chi connectivity index (χ3v) is 1.58. The molecule has 0 aliphatic carbocycles. The van der Waals surface area contributed by atoms with Gasteiger partial charge in [0.2, 0.25) is 0 Å². The summed E-state index contributed by atoms with van der Waals surface area (Å²) < 4.78 is 1.45. The molecule has 0 atom stereocenters. The third-order valence-electron chi connectivity index (χ3n) is 1.58. The SMILES string of the molecule is O=Cc1cccnc1-n1cncn1. The first-order valence-corrected chi connectivity index (χ1v) is 3.67. The number of aromatic nitrogens is 4. The van der Waals surface area contributed by atoms with E-state index in [2.05, 4.69) is 15.1 Å². The first-order chi connectivity index (χ1) is 6.42. The van der Waals surface area contributed by atoms with Gasteiger partial charge in [-0.1, -0.05) is 0 Å². The predicted molar refractivity (Wildman–Crippen MR) is 44.5 cm³/mol. The summed E-state index contributed by atoms with van der Waals surface area (Å²) in [5.74, 6) is 0.495. The van der Waals surface area contributed by atoms with E-state index in [-0.39, 0.29) is 0 Å². The smallest absolute Gasteiger partial charge is 0.165 e. The Labute approximate surface area is 74.1 Å². The predicted octanol–water partition coefficient (Wildman–Crippen LogP) is 0.475. The highest BCUT2D eigenvalue weighted by Crippen LogP contribution is 2.05. The molecule has 64 valence electrons. The van der Waals surface area contributed by atoms with Crippen LogP contribution in [0.1, 0.15) is 10.4 Å². The van der Waals surface area contributed by atoms with Crippen molar-refractivity contribution in [3.05, 3.63) is 36.5 Å². The van der Waals surface area contributed by atoms with Crippen molar-refractivity contribution in [2.45, 2.75) is 0 Å². The lowest BCUT2D eigenvalue weighted by Crippen LogP contribution is -2.01. The molecule has 0 bridgehead atoms. The molecule has 0 unspecified atom stereocenters. The van der Waals surface area contributed by atoms with Gasteiger partial charge in [-0.15, -0.1) is 0 Å². The molecule has 0 saturated heterocycles. The number of hydrogen-bond acceptors (Lipinski definition) is 4. The molecule has 0 amide bonds. The largest absolute Gasteiger partial charge is 0.298 e. The van der Waals surface area contributed by atoms with Crippen LogP contribution >= 0.6 is 0 Å². The second-order valence-corrected chi connectivity index (χ2v) is 2.37. The van der Waals surface area contributed by atoms with E-state index in [4.69, 9.17) is 0 Å². The molecule has 2 aromatic rings. The average Bonchev–Trinajstić information content (AvgIpc) is 2.70. The molecule has 2 heterocycles. The van der Waals surface area contributed by atoms with Crippen molar-refractivity contribution in [3.63, 3.8) is 0 Å². The van der Waals surface area contributed by atoms with Crippen molar-refractivity contribution in [2.24, 2.45) is 0 Å². The van der Waals surface area contributed by atoms with Crippen molar-refractivity contribution in [3.8, 4) is 5.82 Å². The first kappa shape index (κ1) is 7.60. The van der Waals surface area contributed by atoms with E-state index in [1.807, 2.05) is 0 Å². The summed E-state index contributed by atoms with van der Waals surface area (Å²) in [4.78, 5) is 18.4. The summed E-state index contributed by atoms with van der Waals surface area (Å²) in [6, 6.07) is 3.38. The topological polar surface area (TPSA) is 60.7 Å². The van der Waals surface area contributed by atoms with E-state index in [0.29, 0.717) is 11.4 Å². The summed E-state index contributed by atoms with van der Waals surface area (Å²) in [5, 5.41) is 3.88. The maximum atomic E-state index is 10.6. The summed E-state index contributed by atoms with van der Waals surface area (Å²) in [7, 11) is 0. The molecule has 2 aromatic heterocycles. The summed E-state index contributed by atoms with van der Waals surface area (Å²) >= 11 is 0. The van der Waals surface area contributed by atoms with Gasteiger partial charge in [-0.25, -0.2) is 14.6 Å². The van der Waals surface area contributed by atoms with E-state index in [0.717, 1.165) is 6.29 Å². The molecule has 0 aliphatic heterocycles. The van der Waals surface area contributed by atoms with Crippen LogP contribution in [-0.2, 0) is 0 Å². The van der Waals surface area contributed by atoms with Crippen LogP contribution in [0.5, 0.6) is 0 Å². The number of pyridine rings is 1. The zero-order chi connectivity index (χ0) is 9.10. The Morgan fingerprint density at radius 2 is 2.38 bits per heavy atom. The highest BCUT2D eigenvalue weighted by molar-refractivity contribution is 5.79. The van der Waals surface area contributed by atoms with Crippen LogP contribution in [0, 0.1) is 0 Å². The van der Waals surface area contributed by atoms with Crippen LogP contribution in [0.25, 0.3) is 5.82 Å². The lowest BCUT2D eigenvalue weighted by molar-refractivity contribution is 0.112. The minimum absolute atomic E-state index is 0.494. The zero-order valence-corrected chi connectivity index (χ0v) is 6.66. The van der Waals surface area contributed by atoms with Crippen molar-refractivity contribution in [1.29, 1.82) is 0 Å². The minimum Gasteiger partial charge on any atom is -0.298 e. The molecule has 0 radical (unpaired) electrons. The van der Waals surface area contributed by atoms with Gasteiger partial charge >= 0.3 is 0 Å². The Morgan fingerprint density at radius 1 is 1.46 bits per heavy atom. The number of hydrogen-bond donors (Lipinski definition) is 0. The quantitative estimate of drug-likeness (QED) is 0.621. The number of carbonyl (C=O) groups is 1. The van der Waals surface area contributed by atoms with Crippen LogP contribution in [-0.4, -0.2) is 26.0 Å². The van der Waals surface area contributed by atoms with E-state index < -0.39 is 0 Å². The number of nitrogens with zero attached hydrogens (tertiary/aromatic N) is 4. The van der Waals surface area contributed by atoms with E-state index in [9.17, 15) is 4.79 Å². The minimum atomic E-state index is 0.494. The number of aldehydes is 1. The molecular formula is C8H6N4O. The van der Waals surface area contributed by atoms with Gasteiger partial charge in [-0.05, 0) is 12.1 Å². The fourth-order valence-electron chi connectivity index (χ4n) is 1.01. The molecule has 0 aromatic carbocycles. The molecule has 0 fully saturated rings. The van der Waals surface area contributed by atoms with Crippen molar-refractivity contribution >= 4 is 6.29 Å². The highest BCUT2D eigenvalue weighted by Gasteiger charge is 2.03. The van der Waals surface area contributed by atoms with Crippen LogP contribution in [0.2, 0.25) is 0 Å². The monoisotopic (exact) mass is 174 g/mol.